The molecule has 0 radical (unpaired) electrons. The van der Waals surface area contributed by atoms with Gasteiger partial charge < -0.3 is 14.6 Å². The molecule has 1 aliphatic heterocycles. The van der Waals surface area contributed by atoms with Crippen LogP contribution in [-0.2, 0) is 11.3 Å². The molecule has 0 fully saturated rings. The minimum atomic E-state index is 0.00215. The van der Waals surface area contributed by atoms with Crippen molar-refractivity contribution in [3.8, 4) is 11.5 Å². The van der Waals surface area contributed by atoms with Gasteiger partial charge >= 0.3 is 0 Å². The van der Waals surface area contributed by atoms with Gasteiger partial charge in [-0.2, -0.15) is 0 Å². The molecule has 0 unspecified atom stereocenters. The summed E-state index contributed by atoms with van der Waals surface area (Å²) in [6, 6.07) is 1.64. The van der Waals surface area contributed by atoms with Gasteiger partial charge in [-0.3, -0.25) is 0 Å². The predicted molar refractivity (Wildman–Crippen MR) is 51.1 cm³/mol. The van der Waals surface area contributed by atoms with Crippen molar-refractivity contribution in [2.45, 2.75) is 6.61 Å². The maximum Gasteiger partial charge on any atom is 0.189 e. The van der Waals surface area contributed by atoms with E-state index in [9.17, 15) is 5.11 Å². The molecule has 70 valence electrons. The van der Waals surface area contributed by atoms with E-state index in [-0.39, 0.29) is 12.5 Å². The van der Waals surface area contributed by atoms with E-state index in [1.807, 2.05) is 0 Å². The topological polar surface area (TPSA) is 38.7 Å². The second-order valence-corrected chi connectivity index (χ2v) is 3.82. The third kappa shape index (κ3) is 1.49. The van der Waals surface area contributed by atoms with Crippen LogP contribution in [0.25, 0.3) is 0 Å². The molecule has 1 aromatic carbocycles. The summed E-state index contributed by atoms with van der Waals surface area (Å²) in [5, 5.41) is 9.75. The molecule has 1 N–H and O–H groups in total. The van der Waals surface area contributed by atoms with Gasteiger partial charge in [0.15, 0.2) is 12.5 Å². The van der Waals surface area contributed by atoms with Gasteiger partial charge in [-0.15, -0.1) is 0 Å². The maximum absolute atomic E-state index is 9.46. The first-order chi connectivity index (χ1) is 6.20. The molecule has 5 heteroatoms. The number of rotatable bonds is 0. The molecule has 0 atom stereocenters. The zero-order valence-corrected chi connectivity index (χ0v) is 8.85. The molecular formula is C8H6BrClO3. The number of ether oxygens (including phenoxy) is 2. The highest BCUT2D eigenvalue weighted by atomic mass is 79.9. The summed E-state index contributed by atoms with van der Waals surface area (Å²) in [5.74, 6) is 0.607. The van der Waals surface area contributed by atoms with E-state index in [0.717, 1.165) is 5.56 Å². The van der Waals surface area contributed by atoms with Crippen molar-refractivity contribution >= 4 is 27.5 Å². The van der Waals surface area contributed by atoms with E-state index >= 15 is 0 Å². The third-order valence-electron chi connectivity index (χ3n) is 1.77. The molecule has 1 aliphatic rings. The molecule has 1 heterocycles. The van der Waals surface area contributed by atoms with Crippen LogP contribution < -0.4 is 4.74 Å². The lowest BCUT2D eigenvalue weighted by molar-refractivity contribution is -0.0170. The molecule has 0 amide bonds. The van der Waals surface area contributed by atoms with Gasteiger partial charge in [0.2, 0.25) is 0 Å². The largest absolute Gasteiger partial charge is 0.505 e. The fraction of sp³-hybridized carbons (Fsp3) is 0.250. The SMILES string of the molecule is Oc1c(Cl)cc2c(c1Br)OCOC2. The maximum atomic E-state index is 9.46. The third-order valence-corrected chi connectivity index (χ3v) is 2.79. The van der Waals surface area contributed by atoms with Gasteiger partial charge in [0.05, 0.1) is 11.6 Å². The molecule has 0 saturated heterocycles. The number of hydrogen-bond acceptors (Lipinski definition) is 3. The van der Waals surface area contributed by atoms with Crippen molar-refractivity contribution in [1.82, 2.24) is 0 Å². The minimum absolute atomic E-state index is 0.00215. The van der Waals surface area contributed by atoms with Crippen LogP contribution in [0, 0.1) is 0 Å². The summed E-state index contributed by atoms with van der Waals surface area (Å²) in [5.41, 5.74) is 0.834. The fourth-order valence-corrected chi connectivity index (χ4v) is 2.08. The van der Waals surface area contributed by atoms with Crippen LogP contribution >= 0.6 is 27.5 Å². The smallest absolute Gasteiger partial charge is 0.189 e. The Labute approximate surface area is 88.3 Å². The van der Waals surface area contributed by atoms with Gasteiger partial charge in [-0.25, -0.2) is 0 Å². The lowest BCUT2D eigenvalue weighted by atomic mass is 10.2. The average Bonchev–Trinajstić information content (AvgIpc) is 2.15. The second kappa shape index (κ2) is 3.36. The number of halogens is 2. The number of phenolic OH excluding ortho intramolecular Hbond substituents is 1. The van der Waals surface area contributed by atoms with Crippen molar-refractivity contribution in [3.05, 3.63) is 21.1 Å². The normalized spacial score (nSPS) is 14.9. The summed E-state index contributed by atoms with van der Waals surface area (Å²) >= 11 is 8.96. The van der Waals surface area contributed by atoms with E-state index in [2.05, 4.69) is 15.9 Å². The van der Waals surface area contributed by atoms with Gasteiger partial charge in [-0.05, 0) is 22.0 Å². The predicted octanol–water partition coefficient (Wildman–Crippen LogP) is 2.67. The summed E-state index contributed by atoms with van der Waals surface area (Å²) in [7, 11) is 0. The first-order valence-electron chi connectivity index (χ1n) is 3.60. The highest BCUT2D eigenvalue weighted by molar-refractivity contribution is 9.10. The Morgan fingerprint density at radius 2 is 2.31 bits per heavy atom. The lowest BCUT2D eigenvalue weighted by Crippen LogP contribution is -2.11. The highest BCUT2D eigenvalue weighted by Gasteiger charge is 2.19. The number of benzene rings is 1. The lowest BCUT2D eigenvalue weighted by Gasteiger charge is -2.19. The first kappa shape index (κ1) is 9.12. The molecule has 2 rings (SSSR count). The number of hydrogen-bond donors (Lipinski definition) is 1. The van der Waals surface area contributed by atoms with Crippen molar-refractivity contribution < 1.29 is 14.6 Å². The van der Waals surface area contributed by atoms with Crippen LogP contribution in [0.3, 0.4) is 0 Å². The summed E-state index contributed by atoms with van der Waals surface area (Å²) < 4.78 is 10.7. The first-order valence-corrected chi connectivity index (χ1v) is 4.77. The Morgan fingerprint density at radius 3 is 3.08 bits per heavy atom. The van der Waals surface area contributed by atoms with Crippen molar-refractivity contribution in [3.63, 3.8) is 0 Å². The molecular weight excluding hydrogens is 259 g/mol. The van der Waals surface area contributed by atoms with Crippen LogP contribution in [0.4, 0.5) is 0 Å². The molecule has 3 nitrogen and oxygen atoms in total. The monoisotopic (exact) mass is 264 g/mol. The van der Waals surface area contributed by atoms with E-state index in [0.29, 0.717) is 21.9 Å². The zero-order valence-electron chi connectivity index (χ0n) is 6.51. The minimum Gasteiger partial charge on any atom is -0.505 e. The Kier molecular flexibility index (Phi) is 2.36. The standard InChI is InChI=1S/C8H6BrClO3/c9-6-7(11)5(10)1-4-2-12-3-13-8(4)6/h1,11H,2-3H2. The molecule has 13 heavy (non-hydrogen) atoms. The van der Waals surface area contributed by atoms with Crippen molar-refractivity contribution in [1.29, 1.82) is 0 Å². The van der Waals surface area contributed by atoms with Crippen LogP contribution in [0.1, 0.15) is 5.56 Å². The second-order valence-electron chi connectivity index (χ2n) is 2.62. The van der Waals surface area contributed by atoms with Gasteiger partial charge in [-0.1, -0.05) is 11.6 Å². The van der Waals surface area contributed by atoms with Gasteiger partial charge in [0.25, 0.3) is 0 Å². The van der Waals surface area contributed by atoms with Gasteiger partial charge in [0.1, 0.15) is 10.2 Å². The zero-order chi connectivity index (χ0) is 9.42. The van der Waals surface area contributed by atoms with E-state index in [1.54, 1.807) is 6.07 Å². The molecule has 1 aromatic rings. The number of phenols is 1. The summed E-state index contributed by atoms with van der Waals surface area (Å²) in [4.78, 5) is 0. The van der Waals surface area contributed by atoms with Crippen LogP contribution in [0.5, 0.6) is 11.5 Å². The average molecular weight is 265 g/mol. The van der Waals surface area contributed by atoms with Crippen molar-refractivity contribution in [2.24, 2.45) is 0 Å². The Bertz CT molecular complexity index is 354. The highest BCUT2D eigenvalue weighted by Crippen LogP contribution is 2.43. The molecule has 0 spiro atoms. The Hall–Kier alpha value is -0.450. The van der Waals surface area contributed by atoms with Gasteiger partial charge in [0, 0.05) is 5.56 Å². The van der Waals surface area contributed by atoms with E-state index in [4.69, 9.17) is 21.1 Å². The van der Waals surface area contributed by atoms with Crippen LogP contribution in [0.2, 0.25) is 5.02 Å². The Morgan fingerprint density at radius 1 is 1.54 bits per heavy atom. The summed E-state index contributed by atoms with van der Waals surface area (Å²) in [6.07, 6.45) is 0. The molecule has 0 aliphatic carbocycles. The van der Waals surface area contributed by atoms with Crippen LogP contribution in [0.15, 0.2) is 10.5 Å². The van der Waals surface area contributed by atoms with Crippen molar-refractivity contribution in [2.75, 3.05) is 6.79 Å². The number of aromatic hydroxyl groups is 1. The van der Waals surface area contributed by atoms with E-state index in [1.165, 1.54) is 0 Å². The molecule has 0 saturated carbocycles. The van der Waals surface area contributed by atoms with Crippen LogP contribution in [-0.4, -0.2) is 11.9 Å². The van der Waals surface area contributed by atoms with E-state index < -0.39 is 0 Å². The molecule has 0 aromatic heterocycles. The number of fused-ring (bicyclic) bond motifs is 1. The summed E-state index contributed by atoms with van der Waals surface area (Å²) in [6.45, 7) is 0.653. The Balaban J connectivity index is 2.60. The fourth-order valence-electron chi connectivity index (χ4n) is 1.16. The quantitative estimate of drug-likeness (QED) is 0.784. The molecule has 0 bridgehead atoms.